The third kappa shape index (κ3) is 4.40. The van der Waals surface area contributed by atoms with Gasteiger partial charge >= 0.3 is 5.97 Å². The van der Waals surface area contributed by atoms with E-state index in [0.29, 0.717) is 31.0 Å². The predicted octanol–water partition coefficient (Wildman–Crippen LogP) is 1.44. The van der Waals surface area contributed by atoms with Crippen molar-refractivity contribution in [3.8, 4) is 0 Å². The summed E-state index contributed by atoms with van der Waals surface area (Å²) >= 11 is 0. The Morgan fingerprint density at radius 3 is 2.82 bits per heavy atom. The van der Waals surface area contributed by atoms with Crippen LogP contribution in [0.15, 0.2) is 18.3 Å². The van der Waals surface area contributed by atoms with Crippen LogP contribution in [-0.2, 0) is 4.74 Å². The van der Waals surface area contributed by atoms with Gasteiger partial charge in [-0.2, -0.15) is 0 Å². The Bertz CT molecular complexity index is 351. The van der Waals surface area contributed by atoms with E-state index in [1.54, 1.807) is 19.1 Å². The molecule has 5 heteroatoms. The van der Waals surface area contributed by atoms with E-state index in [-0.39, 0.29) is 12.1 Å². The quantitative estimate of drug-likeness (QED) is 0.734. The van der Waals surface area contributed by atoms with Gasteiger partial charge in [-0.15, -0.1) is 0 Å². The van der Waals surface area contributed by atoms with Gasteiger partial charge in [-0.05, 0) is 25.5 Å². The molecule has 0 saturated carbocycles. The molecular formula is C12H18N2O3. The summed E-state index contributed by atoms with van der Waals surface area (Å²) in [6, 6.07) is 3.33. The number of anilines is 1. The average molecular weight is 238 g/mol. The van der Waals surface area contributed by atoms with Crippen molar-refractivity contribution in [2.45, 2.75) is 26.4 Å². The fourth-order valence-electron chi connectivity index (χ4n) is 1.20. The van der Waals surface area contributed by atoms with E-state index in [4.69, 9.17) is 4.74 Å². The molecule has 0 aliphatic carbocycles. The molecule has 1 unspecified atom stereocenters. The molecule has 1 heterocycles. The van der Waals surface area contributed by atoms with E-state index in [0.717, 1.165) is 0 Å². The Hall–Kier alpha value is -1.62. The molecule has 17 heavy (non-hydrogen) atoms. The number of hydrogen-bond donors (Lipinski definition) is 2. The molecule has 0 bridgehead atoms. The Labute approximate surface area is 101 Å². The number of aromatic nitrogens is 1. The van der Waals surface area contributed by atoms with Crippen molar-refractivity contribution in [3.05, 3.63) is 23.9 Å². The smallest absolute Gasteiger partial charge is 0.339 e. The third-order valence-electron chi connectivity index (χ3n) is 2.26. The number of nitrogens with zero attached hydrogens (tertiary/aromatic N) is 1. The molecule has 1 aromatic rings. The molecule has 94 valence electrons. The minimum atomic E-state index is -0.387. The monoisotopic (exact) mass is 238 g/mol. The van der Waals surface area contributed by atoms with Crippen LogP contribution in [0.2, 0.25) is 0 Å². The van der Waals surface area contributed by atoms with Gasteiger partial charge < -0.3 is 15.2 Å². The SMILES string of the molecule is CCOC(=O)c1ccc(NCC(O)CC)nc1. The number of hydrogen-bond acceptors (Lipinski definition) is 5. The molecule has 0 amide bonds. The number of nitrogens with one attached hydrogen (secondary N) is 1. The molecule has 0 radical (unpaired) electrons. The summed E-state index contributed by atoms with van der Waals surface area (Å²) in [7, 11) is 0. The highest BCUT2D eigenvalue weighted by molar-refractivity contribution is 5.89. The van der Waals surface area contributed by atoms with Crippen LogP contribution in [-0.4, -0.2) is 35.3 Å². The number of carbonyl (C=O) groups is 1. The summed E-state index contributed by atoms with van der Waals surface area (Å²) in [6.45, 7) is 4.46. The first-order valence-electron chi connectivity index (χ1n) is 5.72. The van der Waals surface area contributed by atoms with Crippen molar-refractivity contribution in [1.29, 1.82) is 0 Å². The number of pyridine rings is 1. The molecule has 5 nitrogen and oxygen atoms in total. The van der Waals surface area contributed by atoms with Crippen molar-refractivity contribution in [3.63, 3.8) is 0 Å². The lowest BCUT2D eigenvalue weighted by Crippen LogP contribution is -2.18. The molecular weight excluding hydrogens is 220 g/mol. The Balaban J connectivity index is 2.53. The highest BCUT2D eigenvalue weighted by Gasteiger charge is 2.07. The lowest BCUT2D eigenvalue weighted by Gasteiger charge is -2.10. The van der Waals surface area contributed by atoms with Crippen LogP contribution in [0.4, 0.5) is 5.82 Å². The maximum Gasteiger partial charge on any atom is 0.339 e. The predicted molar refractivity (Wildman–Crippen MR) is 65.0 cm³/mol. The molecule has 0 saturated heterocycles. The first kappa shape index (κ1) is 13.4. The summed E-state index contributed by atoms with van der Waals surface area (Å²) in [5.74, 6) is 0.255. The van der Waals surface area contributed by atoms with Gasteiger partial charge in [-0.3, -0.25) is 0 Å². The van der Waals surface area contributed by atoms with E-state index in [1.165, 1.54) is 6.20 Å². The third-order valence-corrected chi connectivity index (χ3v) is 2.26. The van der Waals surface area contributed by atoms with Crippen LogP contribution in [0.3, 0.4) is 0 Å². The number of rotatable bonds is 6. The zero-order valence-corrected chi connectivity index (χ0v) is 10.1. The van der Waals surface area contributed by atoms with Gasteiger partial charge in [-0.1, -0.05) is 6.92 Å². The molecule has 0 fully saturated rings. The van der Waals surface area contributed by atoms with E-state index < -0.39 is 0 Å². The van der Waals surface area contributed by atoms with Crippen molar-refractivity contribution in [2.24, 2.45) is 0 Å². The zero-order chi connectivity index (χ0) is 12.7. The van der Waals surface area contributed by atoms with Gasteiger partial charge in [0.25, 0.3) is 0 Å². The molecule has 1 aromatic heterocycles. The summed E-state index contributed by atoms with van der Waals surface area (Å²) in [5.41, 5.74) is 0.424. The number of ether oxygens (including phenoxy) is 1. The summed E-state index contributed by atoms with van der Waals surface area (Å²) < 4.78 is 4.84. The zero-order valence-electron chi connectivity index (χ0n) is 10.1. The standard InChI is InChI=1S/C12H18N2O3/c1-3-10(15)8-14-11-6-5-9(7-13-11)12(16)17-4-2/h5-7,10,15H,3-4,8H2,1-2H3,(H,13,14). The Morgan fingerprint density at radius 1 is 1.53 bits per heavy atom. The summed E-state index contributed by atoms with van der Waals surface area (Å²) in [4.78, 5) is 15.4. The summed E-state index contributed by atoms with van der Waals surface area (Å²) in [5, 5.41) is 12.3. The maximum atomic E-state index is 11.3. The Morgan fingerprint density at radius 2 is 2.29 bits per heavy atom. The van der Waals surface area contributed by atoms with E-state index in [1.807, 2.05) is 6.92 Å². The minimum absolute atomic E-state index is 0.349. The van der Waals surface area contributed by atoms with Crippen LogP contribution in [0.1, 0.15) is 30.6 Å². The topological polar surface area (TPSA) is 71.5 Å². The number of aliphatic hydroxyl groups excluding tert-OH is 1. The number of carbonyl (C=O) groups excluding carboxylic acids is 1. The Kier molecular flexibility index (Phi) is 5.42. The molecule has 0 aliphatic rings. The fourth-order valence-corrected chi connectivity index (χ4v) is 1.20. The van der Waals surface area contributed by atoms with Gasteiger partial charge in [0.1, 0.15) is 5.82 Å². The molecule has 1 rings (SSSR count). The maximum absolute atomic E-state index is 11.3. The normalized spacial score (nSPS) is 11.9. The van der Waals surface area contributed by atoms with Crippen molar-refractivity contribution >= 4 is 11.8 Å². The van der Waals surface area contributed by atoms with Crippen molar-refractivity contribution < 1.29 is 14.6 Å². The van der Waals surface area contributed by atoms with Crippen LogP contribution in [0.5, 0.6) is 0 Å². The van der Waals surface area contributed by atoms with Crippen molar-refractivity contribution in [1.82, 2.24) is 4.98 Å². The first-order valence-corrected chi connectivity index (χ1v) is 5.72. The van der Waals surface area contributed by atoms with Gasteiger partial charge in [0.2, 0.25) is 0 Å². The highest BCUT2D eigenvalue weighted by Crippen LogP contribution is 2.06. The molecule has 1 atom stereocenters. The van der Waals surface area contributed by atoms with E-state index >= 15 is 0 Å². The molecule has 2 N–H and O–H groups in total. The second-order valence-corrected chi connectivity index (χ2v) is 3.60. The second kappa shape index (κ2) is 6.85. The minimum Gasteiger partial charge on any atom is -0.462 e. The lowest BCUT2D eigenvalue weighted by atomic mass is 10.2. The molecule has 0 spiro atoms. The fraction of sp³-hybridized carbons (Fsp3) is 0.500. The second-order valence-electron chi connectivity index (χ2n) is 3.60. The largest absolute Gasteiger partial charge is 0.462 e. The number of aliphatic hydroxyl groups is 1. The lowest BCUT2D eigenvalue weighted by molar-refractivity contribution is 0.0526. The van der Waals surface area contributed by atoms with E-state index in [9.17, 15) is 9.90 Å². The highest BCUT2D eigenvalue weighted by atomic mass is 16.5. The van der Waals surface area contributed by atoms with Crippen molar-refractivity contribution in [2.75, 3.05) is 18.5 Å². The van der Waals surface area contributed by atoms with Crippen LogP contribution < -0.4 is 5.32 Å². The van der Waals surface area contributed by atoms with Gasteiger partial charge in [0.05, 0.1) is 18.3 Å². The molecule has 0 aromatic carbocycles. The van der Waals surface area contributed by atoms with Gasteiger partial charge in [0, 0.05) is 12.7 Å². The summed E-state index contributed by atoms with van der Waals surface area (Å²) in [6.07, 6.45) is 1.76. The van der Waals surface area contributed by atoms with Crippen LogP contribution in [0, 0.1) is 0 Å². The van der Waals surface area contributed by atoms with Gasteiger partial charge in [-0.25, -0.2) is 9.78 Å². The van der Waals surface area contributed by atoms with E-state index in [2.05, 4.69) is 10.3 Å². The number of esters is 1. The van der Waals surface area contributed by atoms with Crippen LogP contribution in [0.25, 0.3) is 0 Å². The van der Waals surface area contributed by atoms with Gasteiger partial charge in [0.15, 0.2) is 0 Å². The average Bonchev–Trinajstić information content (AvgIpc) is 2.36. The first-order chi connectivity index (χ1) is 8.17. The van der Waals surface area contributed by atoms with Crippen LogP contribution >= 0.6 is 0 Å². The molecule has 0 aliphatic heterocycles.